The fourth-order valence-electron chi connectivity index (χ4n) is 4.03. The number of aromatic nitrogens is 1. The number of amides is 3. The largest absolute Gasteiger partial charge is 0.361 e. The summed E-state index contributed by atoms with van der Waals surface area (Å²) in [7, 11) is 0. The Labute approximate surface area is 242 Å². The van der Waals surface area contributed by atoms with Crippen molar-refractivity contribution in [3.63, 3.8) is 0 Å². The van der Waals surface area contributed by atoms with E-state index in [0.29, 0.717) is 33.7 Å². The van der Waals surface area contributed by atoms with E-state index in [1.54, 1.807) is 65.2 Å². The Morgan fingerprint density at radius 1 is 0.875 bits per heavy atom. The predicted octanol–water partition coefficient (Wildman–Crippen LogP) is 6.72. The van der Waals surface area contributed by atoms with Crippen LogP contribution >= 0.6 is 23.2 Å². The van der Waals surface area contributed by atoms with Crippen LogP contribution in [0.4, 0.5) is 11.4 Å². The van der Waals surface area contributed by atoms with Gasteiger partial charge in [0.15, 0.2) is 0 Å². The van der Waals surface area contributed by atoms with Crippen LogP contribution < -0.4 is 16.0 Å². The number of nitrogens with one attached hydrogen (secondary N) is 3. The summed E-state index contributed by atoms with van der Waals surface area (Å²) in [6, 6.07) is 19.0. The number of ether oxygens (including phenoxy) is 1. The van der Waals surface area contributed by atoms with E-state index in [0.717, 1.165) is 16.5 Å². The molecule has 208 valence electrons. The standard InChI is InChI=1S/C30H30Cl2N4O4/c1-4-40-17-36-26-12-10-23(14-20(26)15-27(36)30(39)34-22-8-6-21(31)7-9-22)35-29(38)24-13-19(5-11-25(24)32)16-33-28(37)18(2)3/h5-15,18H,4,16-17H2,1-3H3,(H,33,37)(H,34,39)(H,35,38). The minimum Gasteiger partial charge on any atom is -0.361 e. The Morgan fingerprint density at radius 3 is 2.27 bits per heavy atom. The summed E-state index contributed by atoms with van der Waals surface area (Å²) in [6.45, 7) is 6.46. The first-order valence-corrected chi connectivity index (χ1v) is 13.6. The lowest BCUT2D eigenvalue weighted by Gasteiger charge is -2.12. The molecule has 4 rings (SSSR count). The fourth-order valence-corrected chi connectivity index (χ4v) is 4.36. The van der Waals surface area contributed by atoms with Gasteiger partial charge in [0, 0.05) is 40.9 Å². The Bertz CT molecular complexity index is 1550. The van der Waals surface area contributed by atoms with Crippen LogP contribution in [0.2, 0.25) is 10.0 Å². The number of carbonyl (C=O) groups excluding carboxylic acids is 3. The summed E-state index contributed by atoms with van der Waals surface area (Å²) in [5.74, 6) is -0.919. The highest BCUT2D eigenvalue weighted by atomic mass is 35.5. The topological polar surface area (TPSA) is 101 Å². The quantitative estimate of drug-likeness (QED) is 0.194. The average molecular weight is 582 g/mol. The van der Waals surface area contributed by atoms with E-state index in [-0.39, 0.29) is 36.6 Å². The van der Waals surface area contributed by atoms with Crippen LogP contribution in [-0.4, -0.2) is 28.9 Å². The molecular formula is C30H30Cl2N4O4. The number of fused-ring (bicyclic) bond motifs is 1. The number of hydrogen-bond donors (Lipinski definition) is 3. The van der Waals surface area contributed by atoms with Gasteiger partial charge in [0.1, 0.15) is 12.4 Å². The van der Waals surface area contributed by atoms with E-state index in [2.05, 4.69) is 16.0 Å². The van der Waals surface area contributed by atoms with Crippen LogP contribution in [0.15, 0.2) is 66.7 Å². The van der Waals surface area contributed by atoms with Gasteiger partial charge in [-0.05, 0) is 73.2 Å². The van der Waals surface area contributed by atoms with Crippen LogP contribution in [0, 0.1) is 5.92 Å². The molecule has 0 aliphatic rings. The van der Waals surface area contributed by atoms with E-state index in [9.17, 15) is 14.4 Å². The predicted molar refractivity (Wildman–Crippen MR) is 159 cm³/mol. The van der Waals surface area contributed by atoms with Crippen molar-refractivity contribution >= 4 is 63.2 Å². The van der Waals surface area contributed by atoms with Gasteiger partial charge < -0.3 is 25.3 Å². The van der Waals surface area contributed by atoms with Crippen LogP contribution in [0.3, 0.4) is 0 Å². The molecule has 0 fully saturated rings. The molecule has 0 unspecified atom stereocenters. The van der Waals surface area contributed by atoms with Crippen molar-refractivity contribution in [1.29, 1.82) is 0 Å². The van der Waals surface area contributed by atoms with Crippen molar-refractivity contribution in [2.45, 2.75) is 34.0 Å². The molecule has 0 saturated carbocycles. The number of nitrogens with zero attached hydrogens (tertiary/aromatic N) is 1. The molecule has 0 radical (unpaired) electrons. The Kier molecular flexibility index (Phi) is 9.47. The second-order valence-electron chi connectivity index (χ2n) is 9.45. The minimum absolute atomic E-state index is 0.0771. The summed E-state index contributed by atoms with van der Waals surface area (Å²) < 4.78 is 7.40. The third-order valence-corrected chi connectivity index (χ3v) is 6.77. The van der Waals surface area contributed by atoms with Gasteiger partial charge in [-0.15, -0.1) is 0 Å². The third-order valence-electron chi connectivity index (χ3n) is 6.18. The lowest BCUT2D eigenvalue weighted by molar-refractivity contribution is -0.124. The number of rotatable bonds is 10. The maximum Gasteiger partial charge on any atom is 0.272 e. The van der Waals surface area contributed by atoms with Gasteiger partial charge in [-0.3, -0.25) is 14.4 Å². The number of anilines is 2. The normalized spacial score (nSPS) is 11.1. The first kappa shape index (κ1) is 29.1. The van der Waals surface area contributed by atoms with Gasteiger partial charge in [-0.2, -0.15) is 0 Å². The minimum atomic E-state index is -0.393. The lowest BCUT2D eigenvalue weighted by atomic mass is 10.1. The molecule has 8 nitrogen and oxygen atoms in total. The van der Waals surface area contributed by atoms with Crippen LogP contribution in [0.1, 0.15) is 47.2 Å². The van der Waals surface area contributed by atoms with Crippen LogP contribution in [0.25, 0.3) is 10.9 Å². The monoisotopic (exact) mass is 580 g/mol. The maximum atomic E-state index is 13.2. The van der Waals surface area contributed by atoms with Gasteiger partial charge >= 0.3 is 0 Å². The van der Waals surface area contributed by atoms with Crippen molar-refractivity contribution < 1.29 is 19.1 Å². The van der Waals surface area contributed by atoms with Crippen molar-refractivity contribution in [1.82, 2.24) is 9.88 Å². The summed E-state index contributed by atoms with van der Waals surface area (Å²) in [5, 5.41) is 10.2. The zero-order valence-electron chi connectivity index (χ0n) is 22.4. The van der Waals surface area contributed by atoms with E-state index in [1.807, 2.05) is 26.8 Å². The molecule has 4 aromatic rings. The highest BCUT2D eigenvalue weighted by molar-refractivity contribution is 6.34. The van der Waals surface area contributed by atoms with E-state index in [1.165, 1.54) is 0 Å². The van der Waals surface area contributed by atoms with E-state index >= 15 is 0 Å². The van der Waals surface area contributed by atoms with Gasteiger partial charge in [0.05, 0.1) is 16.1 Å². The highest BCUT2D eigenvalue weighted by Gasteiger charge is 2.18. The lowest BCUT2D eigenvalue weighted by Crippen LogP contribution is -2.27. The van der Waals surface area contributed by atoms with Gasteiger partial charge in [-0.1, -0.05) is 43.1 Å². The van der Waals surface area contributed by atoms with Crippen molar-refractivity contribution in [3.05, 3.63) is 93.6 Å². The molecule has 0 aliphatic carbocycles. The summed E-state index contributed by atoms with van der Waals surface area (Å²) in [6.07, 6.45) is 0. The zero-order valence-corrected chi connectivity index (χ0v) is 23.9. The molecule has 0 spiro atoms. The molecule has 1 heterocycles. The maximum absolute atomic E-state index is 13.2. The number of carbonyl (C=O) groups is 3. The number of halogens is 2. The zero-order chi connectivity index (χ0) is 28.8. The van der Waals surface area contributed by atoms with Gasteiger partial charge in [0.25, 0.3) is 11.8 Å². The van der Waals surface area contributed by atoms with Gasteiger partial charge in [0.2, 0.25) is 5.91 Å². The van der Waals surface area contributed by atoms with Crippen LogP contribution in [0.5, 0.6) is 0 Å². The Morgan fingerprint density at radius 2 is 1.57 bits per heavy atom. The summed E-state index contributed by atoms with van der Waals surface area (Å²) in [4.78, 5) is 38.2. The molecule has 10 heteroatoms. The average Bonchev–Trinajstić information content (AvgIpc) is 3.30. The summed E-state index contributed by atoms with van der Waals surface area (Å²) in [5.41, 5.74) is 3.36. The SMILES string of the molecule is CCOCn1c(C(=O)Nc2ccc(Cl)cc2)cc2cc(NC(=O)c3cc(CNC(=O)C(C)C)ccc3Cl)ccc21. The van der Waals surface area contributed by atoms with E-state index in [4.69, 9.17) is 27.9 Å². The van der Waals surface area contributed by atoms with Crippen LogP contribution in [-0.2, 0) is 22.8 Å². The molecule has 3 amide bonds. The van der Waals surface area contributed by atoms with Gasteiger partial charge in [-0.25, -0.2) is 0 Å². The first-order chi connectivity index (χ1) is 19.2. The molecule has 3 N–H and O–H groups in total. The fraction of sp³-hybridized carbons (Fsp3) is 0.233. The molecular weight excluding hydrogens is 551 g/mol. The molecule has 3 aromatic carbocycles. The van der Waals surface area contributed by atoms with Crippen molar-refractivity contribution in [2.75, 3.05) is 17.2 Å². The highest BCUT2D eigenvalue weighted by Crippen LogP contribution is 2.26. The number of benzene rings is 3. The Hall–Kier alpha value is -3.85. The molecule has 0 atom stereocenters. The second-order valence-corrected chi connectivity index (χ2v) is 10.3. The second kappa shape index (κ2) is 13.0. The first-order valence-electron chi connectivity index (χ1n) is 12.8. The summed E-state index contributed by atoms with van der Waals surface area (Å²) >= 11 is 12.3. The molecule has 1 aromatic heterocycles. The van der Waals surface area contributed by atoms with Crippen molar-refractivity contribution in [2.24, 2.45) is 5.92 Å². The molecule has 0 bridgehead atoms. The number of hydrogen-bond acceptors (Lipinski definition) is 4. The molecule has 0 aliphatic heterocycles. The van der Waals surface area contributed by atoms with Crippen molar-refractivity contribution in [3.8, 4) is 0 Å². The third kappa shape index (κ3) is 7.01. The molecule has 40 heavy (non-hydrogen) atoms. The van der Waals surface area contributed by atoms with E-state index < -0.39 is 5.91 Å². The smallest absolute Gasteiger partial charge is 0.272 e. The Balaban J connectivity index is 1.56. The molecule has 0 saturated heterocycles.